The number of carbonyl (C=O) groups is 1. The van der Waals surface area contributed by atoms with Gasteiger partial charge in [-0.05, 0) is 68.0 Å². The highest BCUT2D eigenvalue weighted by Crippen LogP contribution is 2.50. The molecule has 2 unspecified atom stereocenters. The van der Waals surface area contributed by atoms with Crippen molar-refractivity contribution in [2.24, 2.45) is 0 Å². The standard InChI is InChI=1S/C30H38F6N2O5/c1-4-6-17-42-23-13-10-21(11-14-23)27(3)25(39)38(26(40)37-27)16-7-8-18-43-24-15-12-22(19-20(24)9-5-2)28(41,29(31,32)33)30(34,35)36/h10-15,19,25,39,41H,4-9,16-18H2,1-3H3,(H,37,40). The lowest BCUT2D eigenvalue weighted by Gasteiger charge is -2.33. The fourth-order valence-electron chi connectivity index (χ4n) is 4.92. The molecule has 0 radical (unpaired) electrons. The lowest BCUT2D eigenvalue weighted by atomic mass is 9.90. The molecule has 2 amide bonds. The van der Waals surface area contributed by atoms with Crippen LogP contribution in [0.1, 0.15) is 69.6 Å². The van der Waals surface area contributed by atoms with Crippen molar-refractivity contribution in [2.75, 3.05) is 19.8 Å². The molecule has 240 valence electrons. The summed E-state index contributed by atoms with van der Waals surface area (Å²) in [6, 6.07) is 8.90. The van der Waals surface area contributed by atoms with Gasteiger partial charge in [-0.15, -0.1) is 0 Å². The maximum Gasteiger partial charge on any atom is 0.430 e. The molecule has 1 fully saturated rings. The Hall–Kier alpha value is -3.19. The fourth-order valence-corrected chi connectivity index (χ4v) is 4.92. The van der Waals surface area contributed by atoms with Crippen LogP contribution in [0.5, 0.6) is 11.5 Å². The number of aryl methyl sites for hydroxylation is 1. The number of nitrogens with one attached hydrogen (secondary N) is 1. The average Bonchev–Trinajstić information content (AvgIpc) is 3.16. The number of nitrogens with zero attached hydrogens (tertiary/aromatic N) is 1. The second-order valence-electron chi connectivity index (χ2n) is 10.8. The van der Waals surface area contributed by atoms with E-state index in [1.807, 2.05) is 0 Å². The van der Waals surface area contributed by atoms with Gasteiger partial charge in [-0.2, -0.15) is 26.3 Å². The normalized spacial score (nSPS) is 19.5. The predicted molar refractivity (Wildman–Crippen MR) is 147 cm³/mol. The minimum Gasteiger partial charge on any atom is -0.494 e. The van der Waals surface area contributed by atoms with Crippen LogP contribution in [0.3, 0.4) is 0 Å². The number of alkyl halides is 6. The molecule has 43 heavy (non-hydrogen) atoms. The van der Waals surface area contributed by atoms with Crippen LogP contribution < -0.4 is 14.8 Å². The molecule has 2 atom stereocenters. The highest BCUT2D eigenvalue weighted by Gasteiger charge is 2.71. The molecule has 3 rings (SSSR count). The van der Waals surface area contributed by atoms with Gasteiger partial charge in [0.15, 0.2) is 6.23 Å². The summed E-state index contributed by atoms with van der Waals surface area (Å²) in [4.78, 5) is 14.0. The van der Waals surface area contributed by atoms with Crippen LogP contribution in [0.4, 0.5) is 31.1 Å². The highest BCUT2D eigenvalue weighted by molar-refractivity contribution is 5.78. The van der Waals surface area contributed by atoms with Gasteiger partial charge in [0, 0.05) is 12.1 Å². The van der Waals surface area contributed by atoms with Gasteiger partial charge >= 0.3 is 18.4 Å². The van der Waals surface area contributed by atoms with Gasteiger partial charge in [-0.25, -0.2) is 4.79 Å². The molecule has 7 nitrogen and oxygen atoms in total. The van der Waals surface area contributed by atoms with E-state index in [2.05, 4.69) is 12.2 Å². The first kappa shape index (κ1) is 34.3. The monoisotopic (exact) mass is 620 g/mol. The first-order valence-corrected chi connectivity index (χ1v) is 14.2. The summed E-state index contributed by atoms with van der Waals surface area (Å²) in [5, 5.41) is 23.6. The zero-order chi connectivity index (χ0) is 32.1. The minimum absolute atomic E-state index is 0.0567. The topological polar surface area (TPSA) is 91.3 Å². The summed E-state index contributed by atoms with van der Waals surface area (Å²) in [7, 11) is 0. The molecule has 1 aliphatic heterocycles. The van der Waals surface area contributed by atoms with E-state index in [1.54, 1.807) is 38.1 Å². The third-order valence-electron chi connectivity index (χ3n) is 7.53. The Labute approximate surface area is 246 Å². The number of hydrogen-bond donors (Lipinski definition) is 3. The number of urea groups is 1. The van der Waals surface area contributed by atoms with E-state index in [0.29, 0.717) is 49.3 Å². The molecule has 0 spiro atoms. The first-order valence-electron chi connectivity index (χ1n) is 14.2. The Balaban J connectivity index is 1.60. The van der Waals surface area contributed by atoms with Crippen LogP contribution >= 0.6 is 0 Å². The number of benzene rings is 2. The smallest absolute Gasteiger partial charge is 0.430 e. The van der Waals surface area contributed by atoms with Crippen molar-refractivity contribution in [3.63, 3.8) is 0 Å². The summed E-state index contributed by atoms with van der Waals surface area (Å²) < 4.78 is 91.3. The molecule has 3 N–H and O–H groups in total. The molecular weight excluding hydrogens is 582 g/mol. The van der Waals surface area contributed by atoms with Crippen LogP contribution in [0.2, 0.25) is 0 Å². The van der Waals surface area contributed by atoms with Crippen molar-refractivity contribution < 1.29 is 50.8 Å². The van der Waals surface area contributed by atoms with Crippen LogP contribution in [0, 0.1) is 0 Å². The Morgan fingerprint density at radius 2 is 1.53 bits per heavy atom. The van der Waals surface area contributed by atoms with Crippen molar-refractivity contribution in [3.8, 4) is 11.5 Å². The summed E-state index contributed by atoms with van der Waals surface area (Å²) in [5.74, 6) is 0.788. The molecule has 2 aromatic rings. The lowest BCUT2D eigenvalue weighted by Crippen LogP contribution is -2.53. The molecule has 2 aromatic carbocycles. The van der Waals surface area contributed by atoms with Gasteiger partial charge in [0.1, 0.15) is 17.0 Å². The van der Waals surface area contributed by atoms with E-state index in [9.17, 15) is 41.4 Å². The Kier molecular flexibility index (Phi) is 10.9. The maximum absolute atomic E-state index is 13.3. The van der Waals surface area contributed by atoms with Crippen molar-refractivity contribution in [3.05, 3.63) is 59.2 Å². The van der Waals surface area contributed by atoms with Gasteiger partial charge in [0.2, 0.25) is 0 Å². The van der Waals surface area contributed by atoms with E-state index >= 15 is 0 Å². The van der Waals surface area contributed by atoms with E-state index in [0.717, 1.165) is 18.9 Å². The Morgan fingerprint density at radius 1 is 0.907 bits per heavy atom. The molecular formula is C30H38F6N2O5. The number of hydrogen-bond acceptors (Lipinski definition) is 5. The molecule has 1 aliphatic rings. The maximum atomic E-state index is 13.3. The molecule has 0 aromatic heterocycles. The van der Waals surface area contributed by atoms with Gasteiger partial charge in [0.25, 0.3) is 5.60 Å². The molecule has 0 saturated carbocycles. The van der Waals surface area contributed by atoms with Crippen LogP contribution in [-0.2, 0) is 17.6 Å². The minimum atomic E-state index is -5.98. The van der Waals surface area contributed by atoms with Gasteiger partial charge in [-0.3, -0.25) is 4.90 Å². The van der Waals surface area contributed by atoms with Crippen molar-refractivity contribution in [1.82, 2.24) is 10.2 Å². The van der Waals surface area contributed by atoms with Crippen LogP contribution in [0.15, 0.2) is 42.5 Å². The number of carbonyl (C=O) groups excluding carboxylic acids is 1. The SMILES string of the molecule is CCCCOc1ccc(C2(C)NC(=O)N(CCCCOc3ccc(C(O)(C(F)(F)F)C(F)(F)F)cc3CCC)C2O)cc1. The van der Waals surface area contributed by atoms with Crippen molar-refractivity contribution >= 4 is 6.03 Å². The quantitative estimate of drug-likeness (QED) is 0.165. The van der Waals surface area contributed by atoms with E-state index in [-0.39, 0.29) is 30.9 Å². The Morgan fingerprint density at radius 3 is 2.12 bits per heavy atom. The van der Waals surface area contributed by atoms with Gasteiger partial charge in [0.05, 0.1) is 13.2 Å². The van der Waals surface area contributed by atoms with E-state index in [1.165, 1.54) is 4.90 Å². The molecule has 13 heteroatoms. The largest absolute Gasteiger partial charge is 0.494 e. The zero-order valence-electron chi connectivity index (χ0n) is 24.3. The first-order chi connectivity index (χ1) is 20.1. The fraction of sp³-hybridized carbons (Fsp3) is 0.567. The van der Waals surface area contributed by atoms with Crippen molar-refractivity contribution in [1.29, 1.82) is 0 Å². The Bertz CT molecular complexity index is 1210. The second-order valence-corrected chi connectivity index (χ2v) is 10.8. The third kappa shape index (κ3) is 7.31. The number of aliphatic hydroxyl groups is 2. The number of amides is 2. The zero-order valence-corrected chi connectivity index (χ0v) is 24.3. The summed E-state index contributed by atoms with van der Waals surface area (Å²) in [5.41, 5.74) is -6.63. The average molecular weight is 621 g/mol. The van der Waals surface area contributed by atoms with Crippen molar-refractivity contribution in [2.45, 2.75) is 89.0 Å². The number of halogens is 6. The number of unbranched alkanes of at least 4 members (excludes halogenated alkanes) is 2. The second kappa shape index (κ2) is 13.6. The summed E-state index contributed by atoms with van der Waals surface area (Å²) in [6.45, 7) is 6.30. The van der Waals surface area contributed by atoms with Gasteiger partial charge in [-0.1, -0.05) is 44.9 Å². The molecule has 0 aliphatic carbocycles. The lowest BCUT2D eigenvalue weighted by molar-refractivity contribution is -0.376. The summed E-state index contributed by atoms with van der Waals surface area (Å²) in [6.07, 6.45) is -9.90. The van der Waals surface area contributed by atoms with Crippen LogP contribution in [-0.4, -0.2) is 59.5 Å². The third-order valence-corrected chi connectivity index (χ3v) is 7.53. The van der Waals surface area contributed by atoms with Crippen LogP contribution in [0.25, 0.3) is 0 Å². The summed E-state index contributed by atoms with van der Waals surface area (Å²) >= 11 is 0. The number of ether oxygens (including phenoxy) is 2. The molecule has 0 bridgehead atoms. The number of aliphatic hydroxyl groups excluding tert-OH is 1. The predicted octanol–water partition coefficient (Wildman–Crippen LogP) is 6.55. The highest BCUT2D eigenvalue weighted by atomic mass is 19.4. The molecule has 1 heterocycles. The number of rotatable bonds is 14. The molecule has 1 saturated heterocycles. The van der Waals surface area contributed by atoms with Gasteiger partial charge < -0.3 is 25.0 Å². The van der Waals surface area contributed by atoms with E-state index < -0.39 is 41.3 Å². The van der Waals surface area contributed by atoms with E-state index in [4.69, 9.17) is 9.47 Å².